The number of hydrogen-bond acceptors (Lipinski definition) is 5. The molecule has 3 rings (SSSR count). The number of fused-ring (bicyclic) bond motifs is 1. The third-order valence-corrected chi connectivity index (χ3v) is 5.00. The Bertz CT molecular complexity index is 982. The van der Waals surface area contributed by atoms with Gasteiger partial charge in [0.1, 0.15) is 11.5 Å². The van der Waals surface area contributed by atoms with E-state index in [0.29, 0.717) is 23.0 Å². The summed E-state index contributed by atoms with van der Waals surface area (Å²) >= 11 is 0. The molecule has 0 spiro atoms. The molecule has 0 radical (unpaired) electrons. The molecule has 0 aliphatic carbocycles. The molecule has 0 aliphatic heterocycles. The second-order valence-corrected chi connectivity index (χ2v) is 6.87. The van der Waals surface area contributed by atoms with Crippen LogP contribution in [0.2, 0.25) is 0 Å². The molecular formula is C22H26N2O4. The maximum absolute atomic E-state index is 11.5. The van der Waals surface area contributed by atoms with Gasteiger partial charge in [-0.1, -0.05) is 25.1 Å². The molecule has 0 saturated heterocycles. The molecule has 6 heteroatoms. The lowest BCUT2D eigenvalue weighted by Gasteiger charge is -2.21. The molecule has 0 saturated carbocycles. The first-order valence-electron chi connectivity index (χ1n) is 9.41. The molecule has 0 bridgehead atoms. The van der Waals surface area contributed by atoms with Crippen LogP contribution in [0.3, 0.4) is 0 Å². The Morgan fingerprint density at radius 3 is 2.54 bits per heavy atom. The van der Waals surface area contributed by atoms with Crippen molar-refractivity contribution >= 4 is 10.9 Å². The van der Waals surface area contributed by atoms with Crippen LogP contribution in [0.1, 0.15) is 30.6 Å². The van der Waals surface area contributed by atoms with Crippen LogP contribution < -0.4 is 15.6 Å². The van der Waals surface area contributed by atoms with Crippen LogP contribution in [0.5, 0.6) is 11.5 Å². The standard InChI is InChI=1S/C22H26N2O4/c1-3-15(12-14-4-6-16(28-2)7-5-14)23-13-20(26)17-8-10-19(25)22-18(17)9-11-21(27)24-22/h4-11,15,20,23,25-26H,3,12-13H2,1-2H3,(H,24,27)/t15-,20+/m1/s1. The highest BCUT2D eigenvalue weighted by Crippen LogP contribution is 2.28. The van der Waals surface area contributed by atoms with Gasteiger partial charge >= 0.3 is 0 Å². The van der Waals surface area contributed by atoms with Gasteiger partial charge in [0, 0.05) is 24.0 Å². The Kier molecular flexibility index (Phi) is 6.34. The van der Waals surface area contributed by atoms with Gasteiger partial charge in [-0.2, -0.15) is 0 Å². The van der Waals surface area contributed by atoms with Crippen molar-refractivity contribution in [3.05, 3.63) is 70.0 Å². The van der Waals surface area contributed by atoms with Crippen LogP contribution in [0, 0.1) is 0 Å². The van der Waals surface area contributed by atoms with Gasteiger partial charge < -0.3 is 25.3 Å². The summed E-state index contributed by atoms with van der Waals surface area (Å²) in [5.74, 6) is 0.819. The summed E-state index contributed by atoms with van der Waals surface area (Å²) in [4.78, 5) is 14.2. The summed E-state index contributed by atoms with van der Waals surface area (Å²) in [5, 5.41) is 24.7. The Labute approximate surface area is 163 Å². The Morgan fingerprint density at radius 2 is 1.86 bits per heavy atom. The molecule has 28 heavy (non-hydrogen) atoms. The fourth-order valence-electron chi connectivity index (χ4n) is 3.34. The van der Waals surface area contributed by atoms with Gasteiger partial charge in [0.2, 0.25) is 5.56 Å². The summed E-state index contributed by atoms with van der Waals surface area (Å²) < 4.78 is 5.19. The third-order valence-electron chi connectivity index (χ3n) is 5.00. The number of H-pyrrole nitrogens is 1. The van der Waals surface area contributed by atoms with Gasteiger partial charge in [0.15, 0.2) is 0 Å². The summed E-state index contributed by atoms with van der Waals surface area (Å²) in [6, 6.07) is 14.4. The van der Waals surface area contributed by atoms with E-state index in [9.17, 15) is 15.0 Å². The van der Waals surface area contributed by atoms with E-state index in [4.69, 9.17) is 4.74 Å². The Hall–Kier alpha value is -2.83. The van der Waals surface area contributed by atoms with E-state index in [1.807, 2.05) is 24.3 Å². The van der Waals surface area contributed by atoms with Crippen LogP contribution in [0.25, 0.3) is 10.9 Å². The Balaban J connectivity index is 1.70. The molecule has 0 amide bonds. The number of rotatable bonds is 8. The first kappa shape index (κ1) is 19.9. The fraction of sp³-hybridized carbons (Fsp3) is 0.318. The lowest BCUT2D eigenvalue weighted by Crippen LogP contribution is -2.34. The van der Waals surface area contributed by atoms with Crippen molar-refractivity contribution in [2.75, 3.05) is 13.7 Å². The average molecular weight is 382 g/mol. The number of ether oxygens (including phenoxy) is 1. The summed E-state index contributed by atoms with van der Waals surface area (Å²) in [6.45, 7) is 2.47. The predicted molar refractivity (Wildman–Crippen MR) is 110 cm³/mol. The minimum atomic E-state index is -0.765. The molecule has 2 aromatic carbocycles. The van der Waals surface area contributed by atoms with Gasteiger partial charge in [-0.3, -0.25) is 4.79 Å². The molecule has 0 aliphatic rings. The molecule has 4 N–H and O–H groups in total. The maximum atomic E-state index is 11.5. The highest BCUT2D eigenvalue weighted by Gasteiger charge is 2.16. The van der Waals surface area contributed by atoms with E-state index in [1.165, 1.54) is 17.7 Å². The summed E-state index contributed by atoms with van der Waals surface area (Å²) in [5.41, 5.74) is 1.91. The number of aliphatic hydroxyl groups is 1. The number of methoxy groups -OCH3 is 1. The number of aromatic hydroxyl groups is 1. The largest absolute Gasteiger partial charge is 0.506 e. The van der Waals surface area contributed by atoms with E-state index in [-0.39, 0.29) is 17.4 Å². The van der Waals surface area contributed by atoms with Crippen molar-refractivity contribution in [3.63, 3.8) is 0 Å². The number of phenolic OH excluding ortho intramolecular Hbond substituents is 1. The molecule has 0 unspecified atom stereocenters. The number of aromatic amines is 1. The van der Waals surface area contributed by atoms with Crippen molar-refractivity contribution in [1.29, 1.82) is 0 Å². The van der Waals surface area contributed by atoms with Crippen molar-refractivity contribution in [2.45, 2.75) is 31.9 Å². The number of benzene rings is 2. The van der Waals surface area contributed by atoms with Crippen LogP contribution in [-0.4, -0.2) is 34.9 Å². The molecule has 3 aromatic rings. The lowest BCUT2D eigenvalue weighted by molar-refractivity contribution is 0.170. The van der Waals surface area contributed by atoms with Gasteiger partial charge in [0.05, 0.1) is 18.7 Å². The highest BCUT2D eigenvalue weighted by atomic mass is 16.5. The molecule has 1 heterocycles. The van der Waals surface area contributed by atoms with Crippen LogP contribution in [0.4, 0.5) is 0 Å². The number of aliphatic hydroxyl groups excluding tert-OH is 1. The van der Waals surface area contributed by atoms with Crippen molar-refractivity contribution in [2.24, 2.45) is 0 Å². The van der Waals surface area contributed by atoms with E-state index in [2.05, 4.69) is 17.2 Å². The minimum absolute atomic E-state index is 0.0115. The van der Waals surface area contributed by atoms with Gasteiger partial charge in [-0.15, -0.1) is 0 Å². The SMILES string of the molecule is CC[C@H](Cc1ccc(OC)cc1)NC[C@H](O)c1ccc(O)c2[nH]c(=O)ccc12. The van der Waals surface area contributed by atoms with Crippen molar-refractivity contribution < 1.29 is 14.9 Å². The zero-order valence-corrected chi connectivity index (χ0v) is 16.1. The van der Waals surface area contributed by atoms with E-state index in [1.54, 1.807) is 19.2 Å². The first-order valence-corrected chi connectivity index (χ1v) is 9.41. The third kappa shape index (κ3) is 4.52. The molecule has 2 atom stereocenters. The maximum Gasteiger partial charge on any atom is 0.248 e. The van der Waals surface area contributed by atoms with E-state index >= 15 is 0 Å². The van der Waals surface area contributed by atoms with Crippen LogP contribution in [-0.2, 0) is 6.42 Å². The average Bonchev–Trinajstić information content (AvgIpc) is 2.72. The normalized spacial score (nSPS) is 13.4. The van der Waals surface area contributed by atoms with Gasteiger partial charge in [-0.05, 0) is 48.2 Å². The fourth-order valence-corrected chi connectivity index (χ4v) is 3.34. The second-order valence-electron chi connectivity index (χ2n) is 6.87. The van der Waals surface area contributed by atoms with Gasteiger partial charge in [0.25, 0.3) is 0 Å². The first-order chi connectivity index (χ1) is 13.5. The highest BCUT2D eigenvalue weighted by molar-refractivity contribution is 5.87. The topological polar surface area (TPSA) is 94.6 Å². The van der Waals surface area contributed by atoms with Gasteiger partial charge in [-0.25, -0.2) is 0 Å². The number of nitrogens with one attached hydrogen (secondary N) is 2. The Morgan fingerprint density at radius 1 is 1.11 bits per heavy atom. The molecule has 1 aromatic heterocycles. The lowest BCUT2D eigenvalue weighted by atomic mass is 10.0. The monoisotopic (exact) mass is 382 g/mol. The van der Waals surface area contributed by atoms with Crippen LogP contribution >= 0.6 is 0 Å². The van der Waals surface area contributed by atoms with E-state index < -0.39 is 6.10 Å². The zero-order valence-electron chi connectivity index (χ0n) is 16.1. The van der Waals surface area contributed by atoms with Crippen molar-refractivity contribution in [3.8, 4) is 11.5 Å². The van der Waals surface area contributed by atoms with Crippen LogP contribution in [0.15, 0.2) is 53.3 Å². The number of pyridine rings is 1. The second kappa shape index (κ2) is 8.91. The quantitative estimate of drug-likeness (QED) is 0.481. The minimum Gasteiger partial charge on any atom is -0.506 e. The molecule has 0 fully saturated rings. The van der Waals surface area contributed by atoms with E-state index in [0.717, 1.165) is 18.6 Å². The van der Waals surface area contributed by atoms with Crippen molar-refractivity contribution in [1.82, 2.24) is 10.3 Å². The summed E-state index contributed by atoms with van der Waals surface area (Å²) in [6.07, 6.45) is 0.998. The smallest absolute Gasteiger partial charge is 0.248 e. The molecular weight excluding hydrogens is 356 g/mol. The molecule has 148 valence electrons. The molecule has 6 nitrogen and oxygen atoms in total. The number of hydrogen-bond donors (Lipinski definition) is 4. The zero-order chi connectivity index (χ0) is 20.1. The number of phenols is 1. The predicted octanol–water partition coefficient (Wildman–Crippen LogP) is 2.89. The number of aromatic nitrogens is 1. The summed E-state index contributed by atoms with van der Waals surface area (Å²) in [7, 11) is 1.65.